The molecule has 0 aliphatic heterocycles. The molecule has 0 amide bonds. The summed E-state index contributed by atoms with van der Waals surface area (Å²) in [5, 5.41) is 20.2. The Balaban J connectivity index is 2.50. The fourth-order valence-corrected chi connectivity index (χ4v) is 1.51. The summed E-state index contributed by atoms with van der Waals surface area (Å²) in [7, 11) is 0. The van der Waals surface area contributed by atoms with E-state index in [9.17, 15) is 4.39 Å². The first kappa shape index (κ1) is 14.3. The highest BCUT2D eigenvalue weighted by molar-refractivity contribution is 5.56. The van der Waals surface area contributed by atoms with Crippen LogP contribution in [-0.2, 0) is 0 Å². The van der Waals surface area contributed by atoms with E-state index in [0.29, 0.717) is 18.0 Å². The number of hydrogen-bond acceptors (Lipinski definition) is 4. The normalized spacial score (nSPS) is 9.83. The van der Waals surface area contributed by atoms with E-state index >= 15 is 0 Å². The Labute approximate surface area is 106 Å². The van der Waals surface area contributed by atoms with Gasteiger partial charge in [0.1, 0.15) is 17.6 Å². The van der Waals surface area contributed by atoms with Crippen molar-refractivity contribution in [3.63, 3.8) is 0 Å². The number of unbranched alkanes of at least 4 members (excludes halogenated alkanes) is 2. The molecule has 0 bridgehead atoms. The first-order valence-electron chi connectivity index (χ1n) is 5.92. The number of nitrogens with one attached hydrogen (secondary N) is 1. The van der Waals surface area contributed by atoms with E-state index in [1.807, 2.05) is 6.07 Å². The average Bonchev–Trinajstić information content (AvgIpc) is 2.38. The highest BCUT2D eigenvalue weighted by atomic mass is 19.1. The molecular formula is C13H17FN2O2. The molecule has 1 rings (SSSR count). The van der Waals surface area contributed by atoms with Crippen LogP contribution in [-0.4, -0.2) is 24.9 Å². The number of nitrogens with zero attached hydrogens (tertiary/aromatic N) is 1. The summed E-state index contributed by atoms with van der Waals surface area (Å²) < 4.78 is 18.2. The van der Waals surface area contributed by atoms with Crippen LogP contribution in [0.4, 0.5) is 10.1 Å². The van der Waals surface area contributed by atoms with Gasteiger partial charge in [0.25, 0.3) is 0 Å². The molecule has 0 aromatic heterocycles. The van der Waals surface area contributed by atoms with Gasteiger partial charge in [-0.15, -0.1) is 0 Å². The number of benzene rings is 1. The summed E-state index contributed by atoms with van der Waals surface area (Å²) in [6, 6.07) is 6.04. The minimum Gasteiger partial charge on any atom is -0.476 e. The maximum Gasteiger partial charge on any atom is 0.174 e. The number of anilines is 1. The monoisotopic (exact) mass is 252 g/mol. The van der Waals surface area contributed by atoms with Crippen LogP contribution >= 0.6 is 0 Å². The number of hydrogen-bond donors (Lipinski definition) is 2. The highest BCUT2D eigenvalue weighted by Crippen LogP contribution is 2.25. The topological polar surface area (TPSA) is 65.3 Å². The molecule has 2 N–H and O–H groups in total. The standard InChI is InChI=1S/C13H17FN2O2/c14-11-4-5-12(13(10-11)18-9-6-15)16-7-2-1-3-8-17/h4-5,10,16-17H,1-3,7-9H2. The molecule has 0 atom stereocenters. The van der Waals surface area contributed by atoms with Crippen LogP contribution in [0.2, 0.25) is 0 Å². The van der Waals surface area contributed by atoms with Gasteiger partial charge in [0.2, 0.25) is 0 Å². The maximum atomic E-state index is 13.0. The van der Waals surface area contributed by atoms with Crippen molar-refractivity contribution in [1.29, 1.82) is 5.26 Å². The van der Waals surface area contributed by atoms with E-state index in [1.54, 1.807) is 6.07 Å². The maximum absolute atomic E-state index is 13.0. The van der Waals surface area contributed by atoms with Crippen LogP contribution in [0, 0.1) is 17.1 Å². The molecule has 0 fully saturated rings. The van der Waals surface area contributed by atoms with Crippen molar-refractivity contribution >= 4 is 5.69 Å². The zero-order chi connectivity index (χ0) is 13.2. The molecule has 0 aliphatic rings. The predicted molar refractivity (Wildman–Crippen MR) is 66.9 cm³/mol. The van der Waals surface area contributed by atoms with Crippen LogP contribution in [0.5, 0.6) is 5.75 Å². The van der Waals surface area contributed by atoms with Crippen molar-refractivity contribution in [2.75, 3.05) is 25.1 Å². The number of halogens is 1. The summed E-state index contributed by atoms with van der Waals surface area (Å²) in [4.78, 5) is 0. The third-order valence-electron chi connectivity index (χ3n) is 2.39. The summed E-state index contributed by atoms with van der Waals surface area (Å²) in [5.74, 6) is -0.0486. The van der Waals surface area contributed by atoms with E-state index in [-0.39, 0.29) is 13.2 Å². The van der Waals surface area contributed by atoms with E-state index in [0.717, 1.165) is 19.3 Å². The number of rotatable bonds is 8. The van der Waals surface area contributed by atoms with Gasteiger partial charge < -0.3 is 15.2 Å². The van der Waals surface area contributed by atoms with Gasteiger partial charge in [-0.25, -0.2) is 4.39 Å². The third kappa shape index (κ3) is 5.02. The molecule has 18 heavy (non-hydrogen) atoms. The van der Waals surface area contributed by atoms with Gasteiger partial charge in [0, 0.05) is 19.2 Å². The van der Waals surface area contributed by atoms with Crippen LogP contribution in [0.25, 0.3) is 0 Å². The Hall–Kier alpha value is -1.80. The smallest absolute Gasteiger partial charge is 0.174 e. The summed E-state index contributed by atoms with van der Waals surface area (Å²) in [6.45, 7) is 0.810. The quantitative estimate of drug-likeness (QED) is 0.697. The lowest BCUT2D eigenvalue weighted by molar-refractivity contribution is 0.283. The zero-order valence-electron chi connectivity index (χ0n) is 10.2. The molecule has 0 saturated heterocycles. The minimum atomic E-state index is -0.395. The molecule has 5 heteroatoms. The third-order valence-corrected chi connectivity index (χ3v) is 2.39. The van der Waals surface area contributed by atoms with Crippen LogP contribution in [0.3, 0.4) is 0 Å². The van der Waals surface area contributed by atoms with Gasteiger partial charge in [0.15, 0.2) is 6.61 Å². The first-order valence-corrected chi connectivity index (χ1v) is 5.92. The van der Waals surface area contributed by atoms with Gasteiger partial charge in [-0.05, 0) is 31.4 Å². The molecule has 0 saturated carbocycles. The second-order valence-electron chi connectivity index (χ2n) is 3.80. The number of aliphatic hydroxyl groups is 1. The minimum absolute atomic E-state index is 0.108. The molecule has 1 aromatic rings. The van der Waals surface area contributed by atoms with Crippen molar-refractivity contribution in [1.82, 2.24) is 0 Å². The van der Waals surface area contributed by atoms with Crippen LogP contribution in [0.1, 0.15) is 19.3 Å². The van der Waals surface area contributed by atoms with Crippen molar-refractivity contribution in [2.24, 2.45) is 0 Å². The Morgan fingerprint density at radius 2 is 2.17 bits per heavy atom. The van der Waals surface area contributed by atoms with E-state index in [2.05, 4.69) is 5.32 Å². The van der Waals surface area contributed by atoms with Crippen LogP contribution < -0.4 is 10.1 Å². The Morgan fingerprint density at radius 3 is 2.89 bits per heavy atom. The molecule has 0 heterocycles. The van der Waals surface area contributed by atoms with Crippen molar-refractivity contribution in [2.45, 2.75) is 19.3 Å². The molecular weight excluding hydrogens is 235 g/mol. The number of nitriles is 1. The molecule has 98 valence electrons. The Kier molecular flexibility index (Phi) is 6.59. The average molecular weight is 252 g/mol. The predicted octanol–water partition coefficient (Wildman–Crippen LogP) is 2.30. The van der Waals surface area contributed by atoms with Gasteiger partial charge in [-0.1, -0.05) is 0 Å². The summed E-state index contributed by atoms with van der Waals surface area (Å²) in [6.07, 6.45) is 2.62. The fraction of sp³-hybridized carbons (Fsp3) is 0.462. The summed E-state index contributed by atoms with van der Waals surface area (Å²) >= 11 is 0. The SMILES string of the molecule is N#CCOc1cc(F)ccc1NCCCCCO. The second kappa shape index (κ2) is 8.31. The molecule has 0 radical (unpaired) electrons. The van der Waals surface area contributed by atoms with Crippen LogP contribution in [0.15, 0.2) is 18.2 Å². The molecule has 0 aliphatic carbocycles. The lowest BCUT2D eigenvalue weighted by Gasteiger charge is -2.11. The lowest BCUT2D eigenvalue weighted by atomic mass is 10.2. The largest absolute Gasteiger partial charge is 0.476 e. The zero-order valence-corrected chi connectivity index (χ0v) is 10.2. The number of aliphatic hydroxyl groups excluding tert-OH is 1. The Bertz CT molecular complexity index is 404. The van der Waals surface area contributed by atoms with Crippen molar-refractivity contribution in [3.05, 3.63) is 24.0 Å². The van der Waals surface area contributed by atoms with Gasteiger partial charge in [-0.2, -0.15) is 5.26 Å². The highest BCUT2D eigenvalue weighted by Gasteiger charge is 2.04. The lowest BCUT2D eigenvalue weighted by Crippen LogP contribution is -2.05. The molecule has 4 nitrogen and oxygen atoms in total. The first-order chi connectivity index (χ1) is 8.77. The summed E-state index contributed by atoms with van der Waals surface area (Å²) in [5.41, 5.74) is 0.677. The molecule has 1 aromatic carbocycles. The molecule has 0 spiro atoms. The van der Waals surface area contributed by atoms with Crippen molar-refractivity contribution in [3.8, 4) is 11.8 Å². The fourth-order valence-electron chi connectivity index (χ4n) is 1.51. The molecule has 0 unspecified atom stereocenters. The van der Waals surface area contributed by atoms with Gasteiger partial charge >= 0.3 is 0 Å². The van der Waals surface area contributed by atoms with Crippen molar-refractivity contribution < 1.29 is 14.2 Å². The van der Waals surface area contributed by atoms with E-state index in [1.165, 1.54) is 12.1 Å². The Morgan fingerprint density at radius 1 is 1.33 bits per heavy atom. The number of ether oxygens (including phenoxy) is 1. The van der Waals surface area contributed by atoms with E-state index in [4.69, 9.17) is 15.1 Å². The van der Waals surface area contributed by atoms with E-state index < -0.39 is 5.82 Å². The second-order valence-corrected chi connectivity index (χ2v) is 3.80. The van der Waals surface area contributed by atoms with Gasteiger partial charge in [-0.3, -0.25) is 0 Å². The van der Waals surface area contributed by atoms with Gasteiger partial charge in [0.05, 0.1) is 5.69 Å².